The van der Waals surface area contributed by atoms with E-state index in [0.29, 0.717) is 12.1 Å². The highest BCUT2D eigenvalue weighted by atomic mass is 32.2. The van der Waals surface area contributed by atoms with E-state index in [2.05, 4.69) is 14.9 Å². The van der Waals surface area contributed by atoms with Gasteiger partial charge in [-0.1, -0.05) is 13.3 Å². The number of hydrogen-bond acceptors (Lipinski definition) is 4. The first-order valence-electron chi connectivity index (χ1n) is 9.07. The molecule has 1 saturated heterocycles. The van der Waals surface area contributed by atoms with Crippen LogP contribution in [0.25, 0.3) is 0 Å². The van der Waals surface area contributed by atoms with Crippen LogP contribution in [0.4, 0.5) is 11.4 Å². The molecule has 1 atom stereocenters. The molecule has 2 rings (SSSR count). The summed E-state index contributed by atoms with van der Waals surface area (Å²) in [6.07, 6.45) is 5.10. The first kappa shape index (κ1) is 19.7. The molecule has 0 radical (unpaired) electrons. The van der Waals surface area contributed by atoms with E-state index in [4.69, 9.17) is 0 Å². The normalized spacial score (nSPS) is 16.5. The van der Waals surface area contributed by atoms with Gasteiger partial charge < -0.3 is 10.2 Å². The summed E-state index contributed by atoms with van der Waals surface area (Å²) in [5.41, 5.74) is 1.83. The minimum absolute atomic E-state index is 0.0473. The summed E-state index contributed by atoms with van der Waals surface area (Å²) in [6.45, 7) is 5.63. The van der Waals surface area contributed by atoms with Crippen molar-refractivity contribution in [2.75, 3.05) is 29.1 Å². The molecular weight excluding hydrogens is 338 g/mol. The van der Waals surface area contributed by atoms with Crippen molar-refractivity contribution in [2.24, 2.45) is 0 Å². The SMILES string of the molecule is CCCCS(=O)(=O)NC(C)C(=O)Nc1ccc(N2CCCCC2)cc1. The van der Waals surface area contributed by atoms with E-state index in [1.807, 2.05) is 31.2 Å². The second kappa shape index (κ2) is 9.20. The summed E-state index contributed by atoms with van der Waals surface area (Å²) in [5, 5.41) is 2.77. The van der Waals surface area contributed by atoms with Crippen LogP contribution in [0.1, 0.15) is 46.0 Å². The fourth-order valence-corrected chi connectivity index (χ4v) is 4.31. The van der Waals surface area contributed by atoms with Gasteiger partial charge in [-0.25, -0.2) is 13.1 Å². The number of rotatable bonds is 8. The molecule has 1 heterocycles. The van der Waals surface area contributed by atoms with Crippen molar-refractivity contribution >= 4 is 27.3 Å². The monoisotopic (exact) mass is 367 g/mol. The zero-order chi connectivity index (χ0) is 18.3. The van der Waals surface area contributed by atoms with E-state index >= 15 is 0 Å². The molecule has 0 spiro atoms. The van der Waals surface area contributed by atoms with Gasteiger partial charge in [0.05, 0.1) is 11.8 Å². The van der Waals surface area contributed by atoms with Crippen molar-refractivity contribution in [3.05, 3.63) is 24.3 Å². The van der Waals surface area contributed by atoms with Crippen LogP contribution in [-0.4, -0.2) is 39.2 Å². The van der Waals surface area contributed by atoms with Crippen LogP contribution in [0.3, 0.4) is 0 Å². The van der Waals surface area contributed by atoms with Gasteiger partial charge in [-0.15, -0.1) is 0 Å². The Balaban J connectivity index is 1.89. The lowest BCUT2D eigenvalue weighted by Crippen LogP contribution is -2.42. The van der Waals surface area contributed by atoms with Crippen molar-refractivity contribution < 1.29 is 13.2 Å². The van der Waals surface area contributed by atoms with E-state index in [9.17, 15) is 13.2 Å². The topological polar surface area (TPSA) is 78.5 Å². The maximum absolute atomic E-state index is 12.2. The second-order valence-corrected chi connectivity index (χ2v) is 8.47. The first-order chi connectivity index (χ1) is 11.9. The quantitative estimate of drug-likeness (QED) is 0.740. The predicted octanol–water partition coefficient (Wildman–Crippen LogP) is 2.72. The average molecular weight is 368 g/mol. The molecule has 2 N–H and O–H groups in total. The minimum atomic E-state index is -3.42. The van der Waals surface area contributed by atoms with Gasteiger partial charge in [-0.2, -0.15) is 0 Å². The molecular formula is C18H29N3O3S. The van der Waals surface area contributed by atoms with Gasteiger partial charge in [0, 0.05) is 24.5 Å². The lowest BCUT2D eigenvalue weighted by molar-refractivity contribution is -0.117. The zero-order valence-corrected chi connectivity index (χ0v) is 15.9. The van der Waals surface area contributed by atoms with Crippen LogP contribution in [0, 0.1) is 0 Å². The van der Waals surface area contributed by atoms with Crippen molar-refractivity contribution in [1.29, 1.82) is 0 Å². The van der Waals surface area contributed by atoms with Gasteiger partial charge in [0.15, 0.2) is 0 Å². The summed E-state index contributed by atoms with van der Waals surface area (Å²) in [4.78, 5) is 14.5. The molecule has 1 unspecified atom stereocenters. The molecule has 140 valence electrons. The van der Waals surface area contributed by atoms with Gasteiger partial charge in [-0.3, -0.25) is 4.79 Å². The Bertz CT molecular complexity index is 653. The Morgan fingerprint density at radius 3 is 2.40 bits per heavy atom. The molecule has 0 aromatic heterocycles. The molecule has 0 bridgehead atoms. The maximum atomic E-state index is 12.2. The van der Waals surface area contributed by atoms with Gasteiger partial charge in [0.2, 0.25) is 15.9 Å². The Morgan fingerprint density at radius 2 is 1.80 bits per heavy atom. The summed E-state index contributed by atoms with van der Waals surface area (Å²) in [7, 11) is -3.42. The number of hydrogen-bond donors (Lipinski definition) is 2. The number of unbranched alkanes of at least 4 members (excludes halogenated alkanes) is 1. The molecule has 0 saturated carbocycles. The standard InChI is InChI=1S/C18H29N3O3S/c1-3-4-14-25(23,24)20-15(2)18(22)19-16-8-10-17(11-9-16)21-12-6-5-7-13-21/h8-11,15,20H,3-7,12-14H2,1-2H3,(H,19,22). The van der Waals surface area contributed by atoms with Crippen molar-refractivity contribution in [3.8, 4) is 0 Å². The Labute approximate surface area is 151 Å². The molecule has 25 heavy (non-hydrogen) atoms. The van der Waals surface area contributed by atoms with Crippen LogP contribution in [-0.2, 0) is 14.8 Å². The van der Waals surface area contributed by atoms with Crippen LogP contribution in [0.15, 0.2) is 24.3 Å². The van der Waals surface area contributed by atoms with E-state index < -0.39 is 16.1 Å². The van der Waals surface area contributed by atoms with E-state index in [1.54, 1.807) is 6.92 Å². The number of benzene rings is 1. The number of amides is 1. The van der Waals surface area contributed by atoms with E-state index in [1.165, 1.54) is 19.3 Å². The number of carbonyl (C=O) groups is 1. The van der Waals surface area contributed by atoms with Crippen LogP contribution < -0.4 is 14.9 Å². The van der Waals surface area contributed by atoms with Gasteiger partial charge in [0.25, 0.3) is 0 Å². The molecule has 1 aliphatic heterocycles. The van der Waals surface area contributed by atoms with E-state index in [-0.39, 0.29) is 11.7 Å². The third kappa shape index (κ3) is 6.32. The summed E-state index contributed by atoms with van der Waals surface area (Å²) < 4.78 is 26.2. The Kier molecular flexibility index (Phi) is 7.25. The molecule has 1 aromatic rings. The highest BCUT2D eigenvalue weighted by Crippen LogP contribution is 2.21. The number of carbonyl (C=O) groups excluding carboxylic acids is 1. The predicted molar refractivity (Wildman–Crippen MR) is 102 cm³/mol. The fourth-order valence-electron chi connectivity index (χ4n) is 2.87. The summed E-state index contributed by atoms with van der Waals surface area (Å²) >= 11 is 0. The summed E-state index contributed by atoms with van der Waals surface area (Å²) in [6, 6.07) is 6.91. The molecule has 1 aliphatic rings. The molecule has 6 nitrogen and oxygen atoms in total. The number of nitrogens with zero attached hydrogens (tertiary/aromatic N) is 1. The third-order valence-corrected chi connectivity index (χ3v) is 5.91. The van der Waals surface area contributed by atoms with Crippen LogP contribution in [0.2, 0.25) is 0 Å². The zero-order valence-electron chi connectivity index (χ0n) is 15.1. The Hall–Kier alpha value is -1.60. The molecule has 1 aromatic carbocycles. The molecule has 1 fully saturated rings. The first-order valence-corrected chi connectivity index (χ1v) is 10.7. The minimum Gasteiger partial charge on any atom is -0.372 e. The smallest absolute Gasteiger partial charge is 0.242 e. The second-order valence-electron chi connectivity index (χ2n) is 6.60. The highest BCUT2D eigenvalue weighted by Gasteiger charge is 2.20. The van der Waals surface area contributed by atoms with Gasteiger partial charge in [0.1, 0.15) is 0 Å². The average Bonchev–Trinajstić information content (AvgIpc) is 2.61. The van der Waals surface area contributed by atoms with Crippen molar-refractivity contribution in [1.82, 2.24) is 4.72 Å². The lowest BCUT2D eigenvalue weighted by Gasteiger charge is -2.28. The van der Waals surface area contributed by atoms with Crippen LogP contribution >= 0.6 is 0 Å². The molecule has 7 heteroatoms. The highest BCUT2D eigenvalue weighted by molar-refractivity contribution is 7.89. The lowest BCUT2D eigenvalue weighted by atomic mass is 10.1. The largest absolute Gasteiger partial charge is 0.372 e. The number of piperidine rings is 1. The Morgan fingerprint density at radius 1 is 1.16 bits per heavy atom. The van der Waals surface area contributed by atoms with Gasteiger partial charge >= 0.3 is 0 Å². The molecule has 1 amide bonds. The number of anilines is 2. The number of nitrogens with one attached hydrogen (secondary N) is 2. The fraction of sp³-hybridized carbons (Fsp3) is 0.611. The third-order valence-electron chi connectivity index (χ3n) is 4.37. The molecule has 0 aliphatic carbocycles. The van der Waals surface area contributed by atoms with Crippen molar-refractivity contribution in [2.45, 2.75) is 52.0 Å². The van der Waals surface area contributed by atoms with Crippen LogP contribution in [0.5, 0.6) is 0 Å². The van der Waals surface area contributed by atoms with Crippen molar-refractivity contribution in [3.63, 3.8) is 0 Å². The number of sulfonamides is 1. The van der Waals surface area contributed by atoms with E-state index in [0.717, 1.165) is 25.2 Å². The van der Waals surface area contributed by atoms with Gasteiger partial charge in [-0.05, 0) is 56.9 Å². The summed E-state index contributed by atoms with van der Waals surface area (Å²) in [5.74, 6) is -0.308. The maximum Gasteiger partial charge on any atom is 0.242 e.